The average Bonchev–Trinajstić information content (AvgIpc) is 2.57. The second-order valence-corrected chi connectivity index (χ2v) is 6.56. The molecule has 0 heterocycles. The highest BCUT2D eigenvalue weighted by atomic mass is 35.5. The molecule has 0 unspecified atom stereocenters. The lowest BCUT2D eigenvalue weighted by Crippen LogP contribution is -2.35. The van der Waals surface area contributed by atoms with Crippen LogP contribution in [0, 0.1) is 13.8 Å². The molecule has 4 nitrogen and oxygen atoms in total. The van der Waals surface area contributed by atoms with Crippen LogP contribution in [0.2, 0.25) is 5.02 Å². The summed E-state index contributed by atoms with van der Waals surface area (Å²) in [5.74, 6) is -0.289. The maximum Gasteiger partial charge on any atom is 0.243 e. The fraction of sp³-hybridized carbons (Fsp3) is 0.300. The third-order valence-corrected chi connectivity index (χ3v) is 4.49. The van der Waals surface area contributed by atoms with Crippen molar-refractivity contribution in [3.05, 3.63) is 64.2 Å². The Morgan fingerprint density at radius 2 is 1.68 bits per heavy atom. The number of carbonyl (C=O) groups is 2. The molecular weight excluding hydrogens is 336 g/mol. The van der Waals surface area contributed by atoms with Gasteiger partial charge in [-0.05, 0) is 43.0 Å². The van der Waals surface area contributed by atoms with Crippen LogP contribution in [0.1, 0.15) is 23.1 Å². The zero-order valence-corrected chi connectivity index (χ0v) is 15.6. The lowest BCUT2D eigenvalue weighted by atomic mass is 10.1. The van der Waals surface area contributed by atoms with Gasteiger partial charge in [-0.25, -0.2) is 0 Å². The monoisotopic (exact) mass is 358 g/mol. The predicted molar refractivity (Wildman–Crippen MR) is 102 cm³/mol. The maximum atomic E-state index is 12.3. The van der Waals surface area contributed by atoms with Crippen LogP contribution in [-0.2, 0) is 16.0 Å². The van der Waals surface area contributed by atoms with E-state index in [2.05, 4.69) is 5.32 Å². The zero-order chi connectivity index (χ0) is 18.4. The van der Waals surface area contributed by atoms with Crippen LogP contribution < -0.4 is 5.32 Å². The van der Waals surface area contributed by atoms with Crippen LogP contribution in [0.5, 0.6) is 0 Å². The Hall–Kier alpha value is -2.33. The fourth-order valence-corrected chi connectivity index (χ4v) is 2.86. The van der Waals surface area contributed by atoms with Crippen LogP contribution >= 0.6 is 11.6 Å². The van der Waals surface area contributed by atoms with Gasteiger partial charge >= 0.3 is 0 Å². The molecular formula is C20H23ClN2O2. The fourth-order valence-electron chi connectivity index (χ4n) is 2.63. The number of para-hydroxylation sites is 1. The first kappa shape index (κ1) is 19.0. The third-order valence-electron chi connectivity index (χ3n) is 4.12. The number of likely N-dealkylation sites (N-methyl/N-ethyl adjacent to an activating group) is 1. The number of anilines is 1. The standard InChI is InChI=1S/C20H23ClN2O2/c1-14-7-6-8-15(2)20(14)22-18(24)13-23(3)19(25)12-11-16-9-4-5-10-17(16)21/h4-10H,11-13H2,1-3H3,(H,22,24). The SMILES string of the molecule is Cc1cccc(C)c1NC(=O)CN(C)C(=O)CCc1ccccc1Cl. The highest BCUT2D eigenvalue weighted by Gasteiger charge is 2.15. The molecule has 0 aromatic heterocycles. The third kappa shape index (κ3) is 5.33. The summed E-state index contributed by atoms with van der Waals surface area (Å²) in [6.45, 7) is 3.91. The van der Waals surface area contributed by atoms with Crippen molar-refractivity contribution in [1.82, 2.24) is 4.90 Å². The smallest absolute Gasteiger partial charge is 0.243 e. The summed E-state index contributed by atoms with van der Waals surface area (Å²) in [5, 5.41) is 3.55. The Morgan fingerprint density at radius 1 is 1.04 bits per heavy atom. The molecule has 2 amide bonds. The molecule has 0 bridgehead atoms. The van der Waals surface area contributed by atoms with Crippen molar-refractivity contribution in [2.45, 2.75) is 26.7 Å². The molecule has 5 heteroatoms. The Balaban J connectivity index is 1.88. The number of carbonyl (C=O) groups excluding carboxylic acids is 2. The van der Waals surface area contributed by atoms with E-state index in [1.807, 2.05) is 56.3 Å². The van der Waals surface area contributed by atoms with Crippen molar-refractivity contribution < 1.29 is 9.59 Å². The first-order valence-electron chi connectivity index (χ1n) is 8.22. The van der Waals surface area contributed by atoms with E-state index in [9.17, 15) is 9.59 Å². The molecule has 0 spiro atoms. The molecule has 0 aliphatic rings. The van der Waals surface area contributed by atoms with Gasteiger partial charge in [0.25, 0.3) is 0 Å². The summed E-state index contributed by atoms with van der Waals surface area (Å²) >= 11 is 6.10. The summed E-state index contributed by atoms with van der Waals surface area (Å²) < 4.78 is 0. The summed E-state index contributed by atoms with van der Waals surface area (Å²) in [6, 6.07) is 13.3. The number of rotatable bonds is 6. The summed E-state index contributed by atoms with van der Waals surface area (Å²) in [7, 11) is 1.64. The second kappa shape index (κ2) is 8.67. The average molecular weight is 359 g/mol. The molecule has 0 aliphatic carbocycles. The number of nitrogens with zero attached hydrogens (tertiary/aromatic N) is 1. The number of benzene rings is 2. The lowest BCUT2D eigenvalue weighted by molar-refractivity contribution is -0.133. The van der Waals surface area contributed by atoms with Gasteiger partial charge in [-0.3, -0.25) is 9.59 Å². The van der Waals surface area contributed by atoms with Gasteiger partial charge in [0.05, 0.1) is 6.54 Å². The van der Waals surface area contributed by atoms with E-state index in [0.29, 0.717) is 17.9 Å². The molecule has 2 aromatic rings. The molecule has 25 heavy (non-hydrogen) atoms. The van der Waals surface area contributed by atoms with Crippen molar-refractivity contribution in [1.29, 1.82) is 0 Å². The molecule has 0 atom stereocenters. The topological polar surface area (TPSA) is 49.4 Å². The lowest BCUT2D eigenvalue weighted by Gasteiger charge is -2.18. The Morgan fingerprint density at radius 3 is 2.32 bits per heavy atom. The number of hydrogen-bond acceptors (Lipinski definition) is 2. The van der Waals surface area contributed by atoms with E-state index in [0.717, 1.165) is 22.4 Å². The minimum absolute atomic E-state index is 0.0229. The van der Waals surface area contributed by atoms with Gasteiger partial charge in [-0.1, -0.05) is 48.0 Å². The summed E-state index contributed by atoms with van der Waals surface area (Å²) in [6.07, 6.45) is 0.873. The zero-order valence-electron chi connectivity index (χ0n) is 14.8. The predicted octanol–water partition coefficient (Wildman–Crippen LogP) is 3.99. The first-order valence-corrected chi connectivity index (χ1v) is 8.59. The van der Waals surface area contributed by atoms with Gasteiger partial charge in [-0.2, -0.15) is 0 Å². The van der Waals surface area contributed by atoms with Gasteiger partial charge in [-0.15, -0.1) is 0 Å². The Labute approximate surface area is 153 Å². The van der Waals surface area contributed by atoms with Gasteiger partial charge < -0.3 is 10.2 Å². The van der Waals surface area contributed by atoms with Crippen molar-refractivity contribution in [3.8, 4) is 0 Å². The number of halogens is 1. The van der Waals surface area contributed by atoms with Gasteiger partial charge in [0.15, 0.2) is 0 Å². The van der Waals surface area contributed by atoms with Crippen molar-refractivity contribution >= 4 is 29.1 Å². The van der Waals surface area contributed by atoms with E-state index < -0.39 is 0 Å². The molecule has 0 aliphatic heterocycles. The second-order valence-electron chi connectivity index (χ2n) is 6.16. The summed E-state index contributed by atoms with van der Waals surface area (Å²) in [5.41, 5.74) is 3.75. The van der Waals surface area contributed by atoms with Gasteiger partial charge in [0, 0.05) is 24.2 Å². The molecule has 0 radical (unpaired) electrons. The molecule has 2 aromatic carbocycles. The van der Waals surface area contributed by atoms with Crippen LogP contribution in [0.3, 0.4) is 0 Å². The van der Waals surface area contributed by atoms with Crippen LogP contribution in [-0.4, -0.2) is 30.3 Å². The molecule has 132 valence electrons. The quantitative estimate of drug-likeness (QED) is 0.848. The normalized spacial score (nSPS) is 10.4. The minimum atomic E-state index is -0.203. The highest BCUT2D eigenvalue weighted by molar-refractivity contribution is 6.31. The van der Waals surface area contributed by atoms with Crippen molar-refractivity contribution in [2.24, 2.45) is 0 Å². The van der Waals surface area contributed by atoms with E-state index in [4.69, 9.17) is 11.6 Å². The number of aryl methyl sites for hydroxylation is 3. The summed E-state index contributed by atoms with van der Waals surface area (Å²) in [4.78, 5) is 25.9. The van der Waals surface area contributed by atoms with Crippen LogP contribution in [0.4, 0.5) is 5.69 Å². The van der Waals surface area contributed by atoms with Crippen molar-refractivity contribution in [3.63, 3.8) is 0 Å². The van der Waals surface area contributed by atoms with Crippen LogP contribution in [0.25, 0.3) is 0 Å². The maximum absolute atomic E-state index is 12.3. The Kier molecular flexibility index (Phi) is 6.59. The largest absolute Gasteiger partial charge is 0.336 e. The van der Waals surface area contributed by atoms with E-state index >= 15 is 0 Å². The van der Waals surface area contributed by atoms with Gasteiger partial charge in [0.2, 0.25) is 11.8 Å². The number of hydrogen-bond donors (Lipinski definition) is 1. The van der Waals surface area contributed by atoms with E-state index in [-0.39, 0.29) is 18.4 Å². The molecule has 1 N–H and O–H groups in total. The minimum Gasteiger partial charge on any atom is -0.336 e. The van der Waals surface area contributed by atoms with E-state index in [1.54, 1.807) is 7.05 Å². The molecule has 0 fully saturated rings. The number of amides is 2. The Bertz CT molecular complexity index is 754. The molecule has 2 rings (SSSR count). The van der Waals surface area contributed by atoms with Crippen LogP contribution in [0.15, 0.2) is 42.5 Å². The number of nitrogens with one attached hydrogen (secondary N) is 1. The first-order chi connectivity index (χ1) is 11.9. The van der Waals surface area contributed by atoms with Gasteiger partial charge in [0.1, 0.15) is 0 Å². The van der Waals surface area contributed by atoms with E-state index in [1.165, 1.54) is 4.90 Å². The molecule has 0 saturated carbocycles. The highest BCUT2D eigenvalue weighted by Crippen LogP contribution is 2.19. The molecule has 0 saturated heterocycles. The van der Waals surface area contributed by atoms with Crippen molar-refractivity contribution in [2.75, 3.05) is 18.9 Å².